The van der Waals surface area contributed by atoms with Gasteiger partial charge < -0.3 is 24.1 Å². The Bertz CT molecular complexity index is 506. The van der Waals surface area contributed by atoms with Crippen LogP contribution in [0.3, 0.4) is 0 Å². The molecular formula is C21H34O6. The Labute approximate surface area is 162 Å². The van der Waals surface area contributed by atoms with Gasteiger partial charge in [0.15, 0.2) is 5.78 Å². The first kappa shape index (κ1) is 23.6. The topological polar surface area (TPSA) is 74.2 Å². The number of aliphatic hydroxyl groups is 1. The van der Waals surface area contributed by atoms with Gasteiger partial charge in [0.1, 0.15) is 12.4 Å². The Balaban J connectivity index is 2.04. The summed E-state index contributed by atoms with van der Waals surface area (Å²) >= 11 is 0. The average Bonchev–Trinajstić information content (AvgIpc) is 2.61. The standard InChI is InChI=1S/C21H34O6/c1-21(2,3)17-20(23)18-5-7-19(8-6-18)27-16-15-26-14-13-25-12-11-24-10-4-9-22/h5-8,22H,4,9-17H2,1-3H3. The molecule has 0 aliphatic carbocycles. The molecule has 1 N–H and O–H groups in total. The maximum absolute atomic E-state index is 12.2. The maximum atomic E-state index is 12.2. The number of carbonyl (C=O) groups is 1. The summed E-state index contributed by atoms with van der Waals surface area (Å²) < 4.78 is 21.7. The van der Waals surface area contributed by atoms with E-state index in [9.17, 15) is 4.79 Å². The highest BCUT2D eigenvalue weighted by molar-refractivity contribution is 5.96. The SMILES string of the molecule is CC(C)(C)CC(=O)c1ccc(OCCOCCOCCOCCCO)cc1. The van der Waals surface area contributed by atoms with Gasteiger partial charge in [0, 0.05) is 25.2 Å². The van der Waals surface area contributed by atoms with E-state index in [0.29, 0.717) is 64.7 Å². The quantitative estimate of drug-likeness (QED) is 0.371. The molecule has 0 spiro atoms. The second-order valence-electron chi connectivity index (χ2n) is 7.45. The predicted molar refractivity (Wildman–Crippen MR) is 104 cm³/mol. The molecule has 0 aliphatic heterocycles. The first-order valence-electron chi connectivity index (χ1n) is 9.52. The molecule has 0 radical (unpaired) electrons. The van der Waals surface area contributed by atoms with Crippen molar-refractivity contribution >= 4 is 5.78 Å². The van der Waals surface area contributed by atoms with E-state index in [1.807, 2.05) is 12.1 Å². The number of aliphatic hydroxyl groups excluding tert-OH is 1. The zero-order chi connectivity index (χ0) is 20.0. The molecule has 0 fully saturated rings. The minimum atomic E-state index is -0.0136. The van der Waals surface area contributed by atoms with Crippen molar-refractivity contribution in [3.05, 3.63) is 29.8 Å². The van der Waals surface area contributed by atoms with Crippen LogP contribution in [0.2, 0.25) is 0 Å². The van der Waals surface area contributed by atoms with Crippen molar-refractivity contribution in [3.8, 4) is 5.75 Å². The molecule has 1 aromatic carbocycles. The molecule has 0 amide bonds. The molecule has 0 unspecified atom stereocenters. The Kier molecular flexibility index (Phi) is 11.9. The minimum absolute atomic E-state index is 0.0136. The fourth-order valence-corrected chi connectivity index (χ4v) is 2.25. The van der Waals surface area contributed by atoms with Crippen LogP contribution in [-0.2, 0) is 14.2 Å². The molecule has 154 valence electrons. The number of carbonyl (C=O) groups excluding carboxylic acids is 1. The van der Waals surface area contributed by atoms with Crippen molar-refractivity contribution in [2.45, 2.75) is 33.6 Å². The minimum Gasteiger partial charge on any atom is -0.491 e. The summed E-state index contributed by atoms with van der Waals surface area (Å²) in [6.45, 7) is 9.84. The molecule has 0 saturated heterocycles. The van der Waals surface area contributed by atoms with E-state index >= 15 is 0 Å². The lowest BCUT2D eigenvalue weighted by atomic mass is 9.88. The van der Waals surface area contributed by atoms with Crippen LogP contribution in [0.15, 0.2) is 24.3 Å². The van der Waals surface area contributed by atoms with Gasteiger partial charge in [-0.1, -0.05) is 20.8 Å². The van der Waals surface area contributed by atoms with E-state index in [4.69, 9.17) is 24.1 Å². The number of ketones is 1. The van der Waals surface area contributed by atoms with Crippen LogP contribution in [0, 0.1) is 5.41 Å². The molecule has 6 nitrogen and oxygen atoms in total. The predicted octanol–water partition coefficient (Wildman–Crippen LogP) is 3.12. The highest BCUT2D eigenvalue weighted by Crippen LogP contribution is 2.22. The normalized spacial score (nSPS) is 11.6. The molecule has 6 heteroatoms. The fourth-order valence-electron chi connectivity index (χ4n) is 2.25. The molecule has 1 rings (SSSR count). The number of benzene rings is 1. The van der Waals surface area contributed by atoms with Crippen molar-refractivity contribution in [2.75, 3.05) is 52.9 Å². The van der Waals surface area contributed by atoms with Crippen LogP contribution in [0.1, 0.15) is 44.0 Å². The van der Waals surface area contributed by atoms with Crippen LogP contribution >= 0.6 is 0 Å². The molecule has 0 heterocycles. The Morgan fingerprint density at radius 2 is 1.37 bits per heavy atom. The van der Waals surface area contributed by atoms with Gasteiger partial charge in [0.05, 0.1) is 33.0 Å². The van der Waals surface area contributed by atoms with Crippen LogP contribution in [0.25, 0.3) is 0 Å². The smallest absolute Gasteiger partial charge is 0.163 e. The van der Waals surface area contributed by atoms with Gasteiger partial charge in [0.2, 0.25) is 0 Å². The highest BCUT2D eigenvalue weighted by atomic mass is 16.6. The number of ether oxygens (including phenoxy) is 4. The second kappa shape index (κ2) is 13.7. The van der Waals surface area contributed by atoms with Crippen molar-refractivity contribution in [3.63, 3.8) is 0 Å². The number of hydrogen-bond acceptors (Lipinski definition) is 6. The third-order valence-corrected chi connectivity index (χ3v) is 3.55. The summed E-state index contributed by atoms with van der Waals surface area (Å²) in [7, 11) is 0. The molecule has 0 aromatic heterocycles. The Morgan fingerprint density at radius 1 is 0.852 bits per heavy atom. The molecule has 0 saturated carbocycles. The third-order valence-electron chi connectivity index (χ3n) is 3.55. The van der Waals surface area contributed by atoms with E-state index < -0.39 is 0 Å². The average molecular weight is 382 g/mol. The lowest BCUT2D eigenvalue weighted by molar-refractivity contribution is 0.00752. The fraction of sp³-hybridized carbons (Fsp3) is 0.667. The van der Waals surface area contributed by atoms with E-state index in [2.05, 4.69) is 20.8 Å². The van der Waals surface area contributed by atoms with E-state index in [0.717, 1.165) is 5.75 Å². The van der Waals surface area contributed by atoms with Crippen LogP contribution in [0.4, 0.5) is 0 Å². The van der Waals surface area contributed by atoms with Gasteiger partial charge in [0.25, 0.3) is 0 Å². The Morgan fingerprint density at radius 3 is 1.89 bits per heavy atom. The van der Waals surface area contributed by atoms with E-state index in [1.54, 1.807) is 12.1 Å². The molecule has 0 aliphatic rings. The lowest BCUT2D eigenvalue weighted by Gasteiger charge is -2.16. The van der Waals surface area contributed by atoms with Gasteiger partial charge in [-0.3, -0.25) is 4.79 Å². The third kappa shape index (κ3) is 12.5. The number of hydrogen-bond donors (Lipinski definition) is 1. The van der Waals surface area contributed by atoms with Crippen molar-refractivity contribution in [1.29, 1.82) is 0 Å². The largest absolute Gasteiger partial charge is 0.491 e. The van der Waals surface area contributed by atoms with Gasteiger partial charge in [-0.15, -0.1) is 0 Å². The zero-order valence-electron chi connectivity index (χ0n) is 16.9. The van der Waals surface area contributed by atoms with Gasteiger partial charge in [-0.2, -0.15) is 0 Å². The summed E-state index contributed by atoms with van der Waals surface area (Å²) in [5.74, 6) is 0.873. The summed E-state index contributed by atoms with van der Waals surface area (Å²) in [5, 5.41) is 8.60. The van der Waals surface area contributed by atoms with Crippen LogP contribution in [-0.4, -0.2) is 63.7 Å². The summed E-state index contributed by atoms with van der Waals surface area (Å²) in [6, 6.07) is 7.24. The summed E-state index contributed by atoms with van der Waals surface area (Å²) in [4.78, 5) is 12.2. The molecule has 0 atom stereocenters. The monoisotopic (exact) mass is 382 g/mol. The van der Waals surface area contributed by atoms with Gasteiger partial charge in [-0.25, -0.2) is 0 Å². The van der Waals surface area contributed by atoms with Crippen LogP contribution in [0.5, 0.6) is 5.75 Å². The lowest BCUT2D eigenvalue weighted by Crippen LogP contribution is -2.13. The number of Topliss-reactive ketones (excluding diaryl/α,β-unsaturated/α-hetero) is 1. The van der Waals surface area contributed by atoms with Crippen molar-refractivity contribution in [1.82, 2.24) is 0 Å². The van der Waals surface area contributed by atoms with Gasteiger partial charge in [-0.05, 0) is 36.1 Å². The maximum Gasteiger partial charge on any atom is 0.163 e. The summed E-state index contributed by atoms with van der Waals surface area (Å²) in [5.41, 5.74) is 0.700. The first-order valence-corrected chi connectivity index (χ1v) is 9.52. The van der Waals surface area contributed by atoms with Crippen LogP contribution < -0.4 is 4.74 Å². The molecule has 0 bridgehead atoms. The molecule has 1 aromatic rings. The highest BCUT2D eigenvalue weighted by Gasteiger charge is 2.17. The molecule has 27 heavy (non-hydrogen) atoms. The Hall–Kier alpha value is -1.47. The summed E-state index contributed by atoms with van der Waals surface area (Å²) in [6.07, 6.45) is 1.18. The number of rotatable bonds is 15. The van der Waals surface area contributed by atoms with Gasteiger partial charge >= 0.3 is 0 Å². The zero-order valence-corrected chi connectivity index (χ0v) is 16.9. The van der Waals surface area contributed by atoms with Crippen molar-refractivity contribution in [2.24, 2.45) is 5.41 Å². The first-order chi connectivity index (χ1) is 12.9. The van der Waals surface area contributed by atoms with E-state index in [1.165, 1.54) is 0 Å². The van der Waals surface area contributed by atoms with E-state index in [-0.39, 0.29) is 17.8 Å². The molecular weight excluding hydrogens is 348 g/mol. The second-order valence-corrected chi connectivity index (χ2v) is 7.45. The van der Waals surface area contributed by atoms with Crippen molar-refractivity contribution < 1.29 is 28.8 Å².